The highest BCUT2D eigenvalue weighted by atomic mass is 32.1. The number of ether oxygens (including phenoxy) is 1. The van der Waals surface area contributed by atoms with Gasteiger partial charge >= 0.3 is 6.09 Å². The molecule has 8 heteroatoms. The number of benzene rings is 2. The van der Waals surface area contributed by atoms with Crippen LogP contribution in [0.5, 0.6) is 0 Å². The van der Waals surface area contributed by atoms with Gasteiger partial charge in [0.1, 0.15) is 16.3 Å². The fraction of sp³-hybridized carbons (Fsp3) is 0.280. The predicted octanol–water partition coefficient (Wildman–Crippen LogP) is 4.32. The summed E-state index contributed by atoms with van der Waals surface area (Å²) in [6, 6.07) is 18.9. The molecule has 0 aliphatic heterocycles. The molecule has 0 bridgehead atoms. The normalized spacial score (nSPS) is 13.0. The molecule has 3 aromatic rings. The van der Waals surface area contributed by atoms with Crippen molar-refractivity contribution < 1.29 is 14.3 Å². The lowest BCUT2D eigenvalue weighted by molar-refractivity contribution is 0.0491. The molecule has 172 valence electrons. The fourth-order valence-electron chi connectivity index (χ4n) is 3.33. The van der Waals surface area contributed by atoms with Gasteiger partial charge in [-0.3, -0.25) is 20.6 Å². The molecule has 3 N–H and O–H groups in total. The Morgan fingerprint density at radius 2 is 1.61 bits per heavy atom. The van der Waals surface area contributed by atoms with Crippen LogP contribution in [0.15, 0.2) is 66.9 Å². The molecule has 0 saturated heterocycles. The van der Waals surface area contributed by atoms with Crippen molar-refractivity contribution in [1.82, 2.24) is 21.2 Å². The van der Waals surface area contributed by atoms with Crippen molar-refractivity contribution in [3.8, 4) is 0 Å². The Kier molecular flexibility index (Phi) is 7.28. The van der Waals surface area contributed by atoms with E-state index in [1.165, 1.54) is 0 Å². The molecule has 1 heterocycles. The van der Waals surface area contributed by atoms with Gasteiger partial charge in [0, 0.05) is 18.0 Å². The van der Waals surface area contributed by atoms with Gasteiger partial charge in [0.15, 0.2) is 0 Å². The van der Waals surface area contributed by atoms with Crippen molar-refractivity contribution in [2.24, 2.45) is 0 Å². The SMILES string of the molecule is CC(C)(C)OC(=O)NC(C)(Cc1ccccc1)C(=S)NNC(=O)c1nccc2ccccc12. The van der Waals surface area contributed by atoms with Gasteiger partial charge in [0.05, 0.1) is 5.54 Å². The molecule has 2 aromatic carbocycles. The second-order valence-electron chi connectivity index (χ2n) is 8.91. The first-order valence-electron chi connectivity index (χ1n) is 10.6. The largest absolute Gasteiger partial charge is 0.444 e. The number of hydrogen-bond acceptors (Lipinski definition) is 5. The van der Waals surface area contributed by atoms with E-state index in [2.05, 4.69) is 21.2 Å². The van der Waals surface area contributed by atoms with Crippen LogP contribution in [0, 0.1) is 0 Å². The highest BCUT2D eigenvalue weighted by Crippen LogP contribution is 2.18. The molecular formula is C25H28N4O3S. The van der Waals surface area contributed by atoms with E-state index in [4.69, 9.17) is 17.0 Å². The summed E-state index contributed by atoms with van der Waals surface area (Å²) in [7, 11) is 0. The van der Waals surface area contributed by atoms with E-state index in [0.717, 1.165) is 16.3 Å². The topological polar surface area (TPSA) is 92.4 Å². The molecular weight excluding hydrogens is 436 g/mol. The minimum Gasteiger partial charge on any atom is -0.444 e. The fourth-order valence-corrected chi connectivity index (χ4v) is 3.50. The number of amides is 2. The van der Waals surface area contributed by atoms with Crippen LogP contribution in [-0.4, -0.2) is 33.1 Å². The van der Waals surface area contributed by atoms with E-state index in [0.29, 0.717) is 6.42 Å². The van der Waals surface area contributed by atoms with Gasteiger partial charge in [-0.25, -0.2) is 4.79 Å². The molecule has 0 aliphatic rings. The van der Waals surface area contributed by atoms with Gasteiger partial charge in [-0.1, -0.05) is 66.8 Å². The summed E-state index contributed by atoms with van der Waals surface area (Å²) in [5, 5.41) is 4.49. The number of nitrogens with one attached hydrogen (secondary N) is 3. The Balaban J connectivity index is 1.77. The van der Waals surface area contributed by atoms with E-state index >= 15 is 0 Å². The first-order valence-corrected chi connectivity index (χ1v) is 11.0. The number of pyridine rings is 1. The minimum atomic E-state index is -1.03. The van der Waals surface area contributed by atoms with Crippen molar-refractivity contribution in [1.29, 1.82) is 0 Å². The maximum Gasteiger partial charge on any atom is 0.408 e. The summed E-state index contributed by atoms with van der Waals surface area (Å²) >= 11 is 5.60. The van der Waals surface area contributed by atoms with Crippen LogP contribution in [0.2, 0.25) is 0 Å². The molecule has 33 heavy (non-hydrogen) atoms. The molecule has 1 atom stereocenters. The number of hydrazine groups is 1. The predicted molar refractivity (Wildman–Crippen MR) is 133 cm³/mol. The van der Waals surface area contributed by atoms with Gasteiger partial charge in [-0.05, 0) is 44.7 Å². The van der Waals surface area contributed by atoms with Gasteiger partial charge in [0.25, 0.3) is 5.91 Å². The third kappa shape index (κ3) is 6.49. The maximum absolute atomic E-state index is 12.9. The molecule has 0 aliphatic carbocycles. The lowest BCUT2D eigenvalue weighted by Gasteiger charge is -2.33. The summed E-state index contributed by atoms with van der Waals surface area (Å²) in [6.07, 6.45) is 1.37. The number of fused-ring (bicyclic) bond motifs is 1. The van der Waals surface area contributed by atoms with E-state index in [-0.39, 0.29) is 10.7 Å². The zero-order valence-electron chi connectivity index (χ0n) is 19.1. The summed E-state index contributed by atoms with van der Waals surface area (Å²) < 4.78 is 5.43. The minimum absolute atomic E-state index is 0.228. The average Bonchev–Trinajstić information content (AvgIpc) is 2.76. The van der Waals surface area contributed by atoms with Gasteiger partial charge in [-0.2, -0.15) is 0 Å². The Hall–Kier alpha value is -3.52. The van der Waals surface area contributed by atoms with Crippen molar-refractivity contribution in [2.75, 3.05) is 0 Å². The van der Waals surface area contributed by atoms with Crippen molar-refractivity contribution in [3.63, 3.8) is 0 Å². The van der Waals surface area contributed by atoms with Crippen LogP contribution in [0.1, 0.15) is 43.7 Å². The van der Waals surface area contributed by atoms with E-state index in [9.17, 15) is 9.59 Å². The number of aromatic nitrogens is 1. The summed E-state index contributed by atoms with van der Waals surface area (Å²) in [5.41, 5.74) is 4.95. The first-order chi connectivity index (χ1) is 15.6. The lowest BCUT2D eigenvalue weighted by atomic mass is 9.92. The molecule has 3 rings (SSSR count). The van der Waals surface area contributed by atoms with E-state index in [1.807, 2.05) is 60.7 Å². The molecule has 2 amide bonds. The Morgan fingerprint density at radius 1 is 0.939 bits per heavy atom. The van der Waals surface area contributed by atoms with Crippen LogP contribution in [0.3, 0.4) is 0 Å². The van der Waals surface area contributed by atoms with Crippen LogP contribution in [-0.2, 0) is 11.2 Å². The number of thiocarbonyl (C=S) groups is 1. The Morgan fingerprint density at radius 3 is 2.30 bits per heavy atom. The van der Waals surface area contributed by atoms with Gasteiger partial charge in [-0.15, -0.1) is 0 Å². The number of rotatable bonds is 5. The van der Waals surface area contributed by atoms with Crippen molar-refractivity contribution >= 4 is 40.0 Å². The number of alkyl carbamates (subject to hydrolysis) is 1. The van der Waals surface area contributed by atoms with Gasteiger partial charge < -0.3 is 10.1 Å². The van der Waals surface area contributed by atoms with Crippen LogP contribution < -0.4 is 16.2 Å². The van der Waals surface area contributed by atoms with Crippen LogP contribution in [0.25, 0.3) is 10.8 Å². The Labute approximate surface area is 198 Å². The zero-order chi connectivity index (χ0) is 24.1. The number of carbonyl (C=O) groups excluding carboxylic acids is 2. The highest BCUT2D eigenvalue weighted by Gasteiger charge is 2.34. The number of hydrogen-bond donors (Lipinski definition) is 3. The Bertz CT molecular complexity index is 1160. The second kappa shape index (κ2) is 9.95. The third-order valence-corrected chi connectivity index (χ3v) is 5.41. The quantitative estimate of drug-likeness (QED) is 0.385. The molecule has 0 fully saturated rings. The van der Waals surface area contributed by atoms with Gasteiger partial charge in [0.2, 0.25) is 0 Å². The highest BCUT2D eigenvalue weighted by molar-refractivity contribution is 7.80. The van der Waals surface area contributed by atoms with Crippen molar-refractivity contribution in [3.05, 3.63) is 78.1 Å². The third-order valence-electron chi connectivity index (χ3n) is 4.86. The average molecular weight is 465 g/mol. The molecule has 7 nitrogen and oxygen atoms in total. The van der Waals surface area contributed by atoms with E-state index < -0.39 is 23.1 Å². The monoisotopic (exact) mass is 464 g/mol. The molecule has 0 saturated carbocycles. The lowest BCUT2D eigenvalue weighted by Crippen LogP contribution is -2.61. The summed E-state index contributed by atoms with van der Waals surface area (Å²) in [4.78, 5) is 29.9. The molecule has 0 radical (unpaired) electrons. The first kappa shape index (κ1) is 24.1. The zero-order valence-corrected chi connectivity index (χ0v) is 20.0. The second-order valence-corrected chi connectivity index (χ2v) is 9.32. The number of carbonyl (C=O) groups is 2. The smallest absolute Gasteiger partial charge is 0.408 e. The number of nitrogens with zero attached hydrogens (tertiary/aromatic N) is 1. The molecule has 1 aromatic heterocycles. The molecule has 1 unspecified atom stereocenters. The summed E-state index contributed by atoms with van der Waals surface area (Å²) in [5.74, 6) is -0.437. The van der Waals surface area contributed by atoms with Crippen LogP contribution >= 0.6 is 12.2 Å². The maximum atomic E-state index is 12.9. The van der Waals surface area contributed by atoms with Crippen molar-refractivity contribution in [2.45, 2.75) is 45.3 Å². The summed E-state index contributed by atoms with van der Waals surface area (Å²) in [6.45, 7) is 7.14. The van der Waals surface area contributed by atoms with E-state index in [1.54, 1.807) is 33.9 Å². The molecule has 0 spiro atoms. The standard InChI is InChI=1S/C25H28N4O3S/c1-24(2,3)32-23(31)27-25(4,16-17-10-6-5-7-11-17)22(33)29-28-21(30)20-19-13-9-8-12-18(19)14-15-26-20/h5-15H,16H2,1-4H3,(H,27,31)(H,28,30)(H,29,33). The van der Waals surface area contributed by atoms with Crippen LogP contribution in [0.4, 0.5) is 4.79 Å².